The van der Waals surface area contributed by atoms with Crippen molar-refractivity contribution in [3.63, 3.8) is 0 Å². The summed E-state index contributed by atoms with van der Waals surface area (Å²) in [7, 11) is 0. The van der Waals surface area contributed by atoms with Gasteiger partial charge < -0.3 is 4.74 Å². The van der Waals surface area contributed by atoms with Gasteiger partial charge in [-0.1, -0.05) is 0 Å². The molecule has 0 aliphatic carbocycles. The fourth-order valence-electron chi connectivity index (χ4n) is 2.36. The van der Waals surface area contributed by atoms with Gasteiger partial charge >= 0.3 is 0 Å². The van der Waals surface area contributed by atoms with Crippen molar-refractivity contribution < 1.29 is 13.9 Å². The van der Waals surface area contributed by atoms with Crippen molar-refractivity contribution in [1.29, 1.82) is 0 Å². The number of hydrogen-bond acceptors (Lipinski definition) is 3. The number of carbonyl (C=O) groups excluding carboxylic acids is 1. The molecule has 1 heterocycles. The van der Waals surface area contributed by atoms with Crippen LogP contribution in [0.25, 0.3) is 0 Å². The quantitative estimate of drug-likeness (QED) is 0.786. The molecule has 0 spiro atoms. The molecule has 19 heavy (non-hydrogen) atoms. The summed E-state index contributed by atoms with van der Waals surface area (Å²) < 4.78 is 18.9. The predicted molar refractivity (Wildman–Crippen MR) is 71.9 cm³/mol. The van der Waals surface area contributed by atoms with Gasteiger partial charge in [0.05, 0.1) is 6.61 Å². The minimum atomic E-state index is -0.489. The van der Waals surface area contributed by atoms with Crippen LogP contribution in [0.5, 0.6) is 0 Å². The van der Waals surface area contributed by atoms with Gasteiger partial charge in [-0.25, -0.2) is 4.39 Å². The lowest BCUT2D eigenvalue weighted by atomic mass is 10.0. The van der Waals surface area contributed by atoms with Gasteiger partial charge in [0.2, 0.25) is 0 Å². The lowest BCUT2D eigenvalue weighted by Crippen LogP contribution is -2.48. The Labute approximate surface area is 113 Å². The summed E-state index contributed by atoms with van der Waals surface area (Å²) in [5.74, 6) is -0.507. The van der Waals surface area contributed by atoms with Crippen LogP contribution in [0, 0.1) is 12.7 Å². The van der Waals surface area contributed by atoms with E-state index >= 15 is 0 Å². The van der Waals surface area contributed by atoms with Crippen LogP contribution in [0.2, 0.25) is 0 Å². The standard InChI is InChI=1S/C15H20FNO2/c1-10(2)17-4-5-19-14(9-17)15(18)12-6-11(3)7-13(16)8-12/h6-8,10,14H,4-5,9H2,1-3H3. The van der Waals surface area contributed by atoms with Crippen molar-refractivity contribution in [2.75, 3.05) is 19.7 Å². The van der Waals surface area contributed by atoms with Gasteiger partial charge in [-0.3, -0.25) is 9.69 Å². The first-order valence-electron chi connectivity index (χ1n) is 6.64. The summed E-state index contributed by atoms with van der Waals surface area (Å²) in [6, 6.07) is 4.79. The normalized spacial score (nSPS) is 20.8. The largest absolute Gasteiger partial charge is 0.367 e. The molecule has 0 saturated carbocycles. The van der Waals surface area contributed by atoms with E-state index in [2.05, 4.69) is 18.7 Å². The van der Waals surface area contributed by atoms with E-state index in [4.69, 9.17) is 4.74 Å². The van der Waals surface area contributed by atoms with Crippen molar-refractivity contribution in [1.82, 2.24) is 4.90 Å². The number of halogens is 1. The van der Waals surface area contributed by atoms with Gasteiger partial charge in [-0.2, -0.15) is 0 Å². The highest BCUT2D eigenvalue weighted by Gasteiger charge is 2.28. The second-order valence-corrected chi connectivity index (χ2v) is 5.33. The molecule has 3 nitrogen and oxygen atoms in total. The maximum Gasteiger partial charge on any atom is 0.192 e. The second-order valence-electron chi connectivity index (χ2n) is 5.33. The summed E-state index contributed by atoms with van der Waals surface area (Å²) in [6.45, 7) is 7.93. The van der Waals surface area contributed by atoms with Crippen LogP contribution in [-0.2, 0) is 4.74 Å². The third-order valence-corrected chi connectivity index (χ3v) is 3.45. The van der Waals surface area contributed by atoms with Gasteiger partial charge in [0, 0.05) is 24.7 Å². The second kappa shape index (κ2) is 5.80. The number of hydrogen-bond donors (Lipinski definition) is 0. The molecule has 1 atom stereocenters. The van der Waals surface area contributed by atoms with Gasteiger partial charge in [-0.15, -0.1) is 0 Å². The van der Waals surface area contributed by atoms with Crippen LogP contribution in [0.3, 0.4) is 0 Å². The molecule has 2 rings (SSSR count). The Balaban J connectivity index is 2.14. The van der Waals surface area contributed by atoms with Gasteiger partial charge in [0.1, 0.15) is 11.9 Å². The molecule has 1 aliphatic rings. The Morgan fingerprint density at radius 2 is 2.16 bits per heavy atom. The van der Waals surface area contributed by atoms with Gasteiger partial charge in [-0.05, 0) is 44.5 Å². The molecule has 0 radical (unpaired) electrons. The topological polar surface area (TPSA) is 29.5 Å². The van der Waals surface area contributed by atoms with Crippen molar-refractivity contribution in [2.24, 2.45) is 0 Å². The lowest BCUT2D eigenvalue weighted by Gasteiger charge is -2.34. The zero-order valence-corrected chi connectivity index (χ0v) is 11.6. The SMILES string of the molecule is Cc1cc(F)cc(C(=O)C2CN(C(C)C)CCO2)c1. The Morgan fingerprint density at radius 3 is 2.79 bits per heavy atom. The van der Waals surface area contributed by atoms with E-state index in [9.17, 15) is 9.18 Å². The number of ketones is 1. The smallest absolute Gasteiger partial charge is 0.192 e. The molecule has 1 aromatic rings. The van der Waals surface area contributed by atoms with Crippen LogP contribution in [0.4, 0.5) is 4.39 Å². The molecule has 104 valence electrons. The lowest BCUT2D eigenvalue weighted by molar-refractivity contribution is -0.0256. The maximum atomic E-state index is 13.4. The number of ether oxygens (including phenoxy) is 1. The molecule has 0 bridgehead atoms. The van der Waals surface area contributed by atoms with Crippen LogP contribution in [0.1, 0.15) is 29.8 Å². The number of carbonyl (C=O) groups is 1. The molecule has 4 heteroatoms. The van der Waals surface area contributed by atoms with Crippen molar-refractivity contribution in [3.05, 3.63) is 35.1 Å². The zero-order chi connectivity index (χ0) is 14.0. The van der Waals surface area contributed by atoms with E-state index < -0.39 is 6.10 Å². The fraction of sp³-hybridized carbons (Fsp3) is 0.533. The number of morpholine rings is 1. The number of nitrogens with zero attached hydrogens (tertiary/aromatic N) is 1. The first-order valence-corrected chi connectivity index (χ1v) is 6.64. The molecule has 1 aliphatic heterocycles. The maximum absolute atomic E-state index is 13.4. The molecular formula is C15H20FNO2. The Kier molecular flexibility index (Phi) is 4.32. The minimum absolute atomic E-state index is 0.132. The fourth-order valence-corrected chi connectivity index (χ4v) is 2.36. The highest BCUT2D eigenvalue weighted by molar-refractivity contribution is 5.99. The number of benzene rings is 1. The van der Waals surface area contributed by atoms with Crippen molar-refractivity contribution in [3.8, 4) is 0 Å². The van der Waals surface area contributed by atoms with Gasteiger partial charge in [0.25, 0.3) is 0 Å². The molecule has 1 unspecified atom stereocenters. The van der Waals surface area contributed by atoms with Crippen molar-refractivity contribution in [2.45, 2.75) is 32.9 Å². The Morgan fingerprint density at radius 1 is 1.42 bits per heavy atom. The molecular weight excluding hydrogens is 245 g/mol. The highest BCUT2D eigenvalue weighted by atomic mass is 19.1. The Bertz CT molecular complexity index is 453. The van der Waals surface area contributed by atoms with Crippen LogP contribution >= 0.6 is 0 Å². The highest BCUT2D eigenvalue weighted by Crippen LogP contribution is 2.16. The predicted octanol–water partition coefficient (Wildman–Crippen LogP) is 2.43. The van der Waals surface area contributed by atoms with E-state index in [1.165, 1.54) is 12.1 Å². The first kappa shape index (κ1) is 14.2. The molecule has 1 fully saturated rings. The van der Waals surface area contributed by atoms with E-state index in [0.717, 1.165) is 12.1 Å². The monoisotopic (exact) mass is 265 g/mol. The van der Waals surface area contributed by atoms with E-state index in [-0.39, 0.29) is 11.6 Å². The third-order valence-electron chi connectivity index (χ3n) is 3.45. The zero-order valence-electron chi connectivity index (χ0n) is 11.6. The summed E-state index contributed by atoms with van der Waals surface area (Å²) in [5.41, 5.74) is 1.15. The molecule has 0 N–H and O–H groups in total. The van der Waals surface area contributed by atoms with Crippen LogP contribution < -0.4 is 0 Å². The van der Waals surface area contributed by atoms with Crippen LogP contribution in [-0.4, -0.2) is 42.5 Å². The average molecular weight is 265 g/mol. The van der Waals surface area contributed by atoms with Crippen LogP contribution in [0.15, 0.2) is 18.2 Å². The summed E-state index contributed by atoms with van der Waals surface area (Å²) in [6.07, 6.45) is -0.489. The molecule has 1 aromatic carbocycles. The summed E-state index contributed by atoms with van der Waals surface area (Å²) in [5, 5.41) is 0. The number of aryl methyl sites for hydroxylation is 1. The molecule has 1 saturated heterocycles. The first-order chi connectivity index (χ1) is 8.97. The summed E-state index contributed by atoms with van der Waals surface area (Å²) in [4.78, 5) is 14.6. The molecule has 0 aromatic heterocycles. The average Bonchev–Trinajstić information content (AvgIpc) is 2.37. The summed E-state index contributed by atoms with van der Waals surface area (Å²) >= 11 is 0. The Hall–Kier alpha value is -1.26. The number of Topliss-reactive ketones (excluding diaryl/α,β-unsaturated/α-hetero) is 1. The number of rotatable bonds is 3. The minimum Gasteiger partial charge on any atom is -0.367 e. The third kappa shape index (κ3) is 3.39. The van der Waals surface area contributed by atoms with E-state index in [1.54, 1.807) is 13.0 Å². The van der Waals surface area contributed by atoms with Crippen molar-refractivity contribution >= 4 is 5.78 Å². The van der Waals surface area contributed by atoms with Gasteiger partial charge in [0.15, 0.2) is 5.78 Å². The van der Waals surface area contributed by atoms with E-state index in [1.807, 2.05) is 0 Å². The van der Waals surface area contributed by atoms with E-state index in [0.29, 0.717) is 24.8 Å². The molecule has 0 amide bonds.